The molecule has 10 heteroatoms. The minimum absolute atomic E-state index is 0.0561. The number of nitrogens with one attached hydrogen (secondary N) is 2. The topological polar surface area (TPSA) is 89.1 Å². The van der Waals surface area contributed by atoms with Gasteiger partial charge in [-0.1, -0.05) is 6.07 Å². The molecule has 0 bridgehead atoms. The van der Waals surface area contributed by atoms with Crippen LogP contribution in [0.4, 0.5) is 10.1 Å². The summed E-state index contributed by atoms with van der Waals surface area (Å²) in [7, 11) is 3.19. The van der Waals surface area contributed by atoms with Crippen LogP contribution in [0.25, 0.3) is 0 Å². The Morgan fingerprint density at radius 2 is 1.71 bits per heavy atom. The molecular weight excluding hydrogens is 461 g/mol. The summed E-state index contributed by atoms with van der Waals surface area (Å²) in [5.74, 6) is 0.775. The van der Waals surface area contributed by atoms with Crippen molar-refractivity contribution in [3.63, 3.8) is 0 Å². The Bertz CT molecular complexity index is 954. The van der Waals surface area contributed by atoms with E-state index < -0.39 is 0 Å². The van der Waals surface area contributed by atoms with Crippen LogP contribution in [0, 0.1) is 5.82 Å². The predicted molar refractivity (Wildman–Crippen MR) is 130 cm³/mol. The van der Waals surface area contributed by atoms with E-state index in [-0.39, 0.29) is 35.2 Å². The third-order valence-electron chi connectivity index (χ3n) is 5.37. The molecule has 1 atom stereocenters. The fraction of sp³-hybridized carbons (Fsp3) is 0.417. The molecule has 0 radical (unpaired) electrons. The Kier molecular flexibility index (Phi) is 9.99. The summed E-state index contributed by atoms with van der Waals surface area (Å²) in [5, 5.41) is 5.67. The smallest absolute Gasteiger partial charge is 0.234 e. The molecule has 8 nitrogen and oxygen atoms in total. The number of benzene rings is 2. The van der Waals surface area contributed by atoms with Crippen LogP contribution in [-0.4, -0.2) is 75.3 Å². The quantitative estimate of drug-likeness (QED) is 0.500. The summed E-state index contributed by atoms with van der Waals surface area (Å²) in [6.07, 6.45) is 0. The number of anilines is 1. The molecule has 0 aromatic heterocycles. The number of carbonyl (C=O) groups is 2. The first-order chi connectivity index (χ1) is 16.5. The number of morpholine rings is 1. The molecule has 1 aliphatic rings. The minimum Gasteiger partial charge on any atom is -0.493 e. The van der Waals surface area contributed by atoms with Crippen molar-refractivity contribution in [1.82, 2.24) is 10.2 Å². The summed E-state index contributed by atoms with van der Waals surface area (Å²) in [5.41, 5.74) is 1.52. The van der Waals surface area contributed by atoms with Gasteiger partial charge in [0, 0.05) is 25.3 Å². The minimum atomic E-state index is -0.368. The van der Waals surface area contributed by atoms with Gasteiger partial charge in [-0.25, -0.2) is 4.39 Å². The van der Waals surface area contributed by atoms with Gasteiger partial charge >= 0.3 is 0 Å². The van der Waals surface area contributed by atoms with E-state index in [9.17, 15) is 14.0 Å². The number of methoxy groups -OCH3 is 2. The molecule has 184 valence electrons. The van der Waals surface area contributed by atoms with Gasteiger partial charge in [0.15, 0.2) is 11.5 Å². The van der Waals surface area contributed by atoms with Crippen molar-refractivity contribution in [2.45, 2.75) is 6.04 Å². The fourth-order valence-corrected chi connectivity index (χ4v) is 4.28. The molecule has 34 heavy (non-hydrogen) atoms. The van der Waals surface area contributed by atoms with Crippen molar-refractivity contribution in [2.24, 2.45) is 0 Å². The number of nitrogens with zero attached hydrogens (tertiary/aromatic N) is 1. The molecule has 1 aliphatic heterocycles. The Hall–Kier alpha value is -2.82. The van der Waals surface area contributed by atoms with E-state index in [2.05, 4.69) is 15.5 Å². The van der Waals surface area contributed by atoms with E-state index in [0.29, 0.717) is 36.9 Å². The predicted octanol–water partition coefficient (Wildman–Crippen LogP) is 2.70. The van der Waals surface area contributed by atoms with Gasteiger partial charge in [0.25, 0.3) is 0 Å². The van der Waals surface area contributed by atoms with E-state index in [1.165, 1.54) is 36.0 Å². The number of hydrogen-bond acceptors (Lipinski definition) is 7. The van der Waals surface area contributed by atoms with Crippen LogP contribution in [0.15, 0.2) is 42.5 Å². The maximum Gasteiger partial charge on any atom is 0.234 e. The highest BCUT2D eigenvalue weighted by molar-refractivity contribution is 8.00. The van der Waals surface area contributed by atoms with Crippen molar-refractivity contribution < 1.29 is 28.2 Å². The second-order valence-corrected chi connectivity index (χ2v) is 8.62. The zero-order valence-electron chi connectivity index (χ0n) is 19.3. The van der Waals surface area contributed by atoms with Crippen molar-refractivity contribution in [2.75, 3.05) is 63.9 Å². The van der Waals surface area contributed by atoms with E-state index >= 15 is 0 Å². The molecule has 2 amide bonds. The highest BCUT2D eigenvalue weighted by Gasteiger charge is 2.24. The zero-order chi connectivity index (χ0) is 24.3. The van der Waals surface area contributed by atoms with Gasteiger partial charge in [0.2, 0.25) is 11.8 Å². The van der Waals surface area contributed by atoms with Crippen LogP contribution < -0.4 is 20.1 Å². The third kappa shape index (κ3) is 7.61. The number of carbonyl (C=O) groups excluding carboxylic acids is 2. The molecule has 1 unspecified atom stereocenters. The average Bonchev–Trinajstić information content (AvgIpc) is 2.86. The lowest BCUT2D eigenvalue weighted by atomic mass is 10.0. The largest absolute Gasteiger partial charge is 0.493 e. The molecule has 0 saturated carbocycles. The van der Waals surface area contributed by atoms with Gasteiger partial charge in [-0.2, -0.15) is 0 Å². The second-order valence-electron chi connectivity index (χ2n) is 7.63. The zero-order valence-corrected chi connectivity index (χ0v) is 20.2. The Morgan fingerprint density at radius 1 is 1.03 bits per heavy atom. The van der Waals surface area contributed by atoms with Gasteiger partial charge in [-0.05, 0) is 42.0 Å². The number of hydrogen-bond donors (Lipinski definition) is 2. The number of amides is 2. The number of ether oxygens (including phenoxy) is 3. The molecule has 1 saturated heterocycles. The normalized spacial score (nSPS) is 14.8. The standard InChI is InChI=1S/C24H30FN3O5S/c1-31-21-8-3-17(13-22(21)32-2)20(28-9-11-33-12-10-28)14-26-23(29)15-34-16-24(30)27-19-6-4-18(25)5-7-19/h3-8,13,20H,9-12,14-16H2,1-2H3,(H,26,29)(H,27,30). The Labute approximate surface area is 203 Å². The maximum absolute atomic E-state index is 13.0. The van der Waals surface area contributed by atoms with Crippen molar-refractivity contribution >= 4 is 29.3 Å². The second kappa shape index (κ2) is 13.2. The van der Waals surface area contributed by atoms with E-state index in [1.807, 2.05) is 18.2 Å². The van der Waals surface area contributed by atoms with Gasteiger partial charge in [0.05, 0.1) is 45.0 Å². The van der Waals surface area contributed by atoms with Crippen molar-refractivity contribution in [1.29, 1.82) is 0 Å². The summed E-state index contributed by atoms with van der Waals surface area (Å²) >= 11 is 1.22. The Morgan fingerprint density at radius 3 is 2.38 bits per heavy atom. The average molecular weight is 492 g/mol. The number of thioether (sulfide) groups is 1. The van der Waals surface area contributed by atoms with Crippen LogP contribution in [0.1, 0.15) is 11.6 Å². The van der Waals surface area contributed by atoms with Crippen LogP contribution >= 0.6 is 11.8 Å². The molecule has 2 aromatic carbocycles. The van der Waals surface area contributed by atoms with Gasteiger partial charge in [-0.3, -0.25) is 14.5 Å². The molecule has 0 aliphatic carbocycles. The number of halogens is 1. The monoisotopic (exact) mass is 491 g/mol. The van der Waals surface area contributed by atoms with Gasteiger partial charge in [-0.15, -0.1) is 11.8 Å². The van der Waals surface area contributed by atoms with E-state index in [0.717, 1.165) is 18.7 Å². The van der Waals surface area contributed by atoms with Crippen LogP contribution in [-0.2, 0) is 14.3 Å². The van der Waals surface area contributed by atoms with Crippen LogP contribution in [0.5, 0.6) is 11.5 Å². The molecular formula is C24H30FN3O5S. The van der Waals surface area contributed by atoms with Crippen LogP contribution in [0.3, 0.4) is 0 Å². The van der Waals surface area contributed by atoms with Gasteiger partial charge < -0.3 is 24.8 Å². The lowest BCUT2D eigenvalue weighted by molar-refractivity contribution is -0.118. The Balaban J connectivity index is 1.52. The summed E-state index contributed by atoms with van der Waals surface area (Å²) in [6, 6.07) is 11.2. The highest BCUT2D eigenvalue weighted by atomic mass is 32.2. The maximum atomic E-state index is 13.0. The van der Waals surface area contributed by atoms with Crippen molar-refractivity contribution in [3.8, 4) is 11.5 Å². The third-order valence-corrected chi connectivity index (χ3v) is 6.30. The molecule has 2 aromatic rings. The molecule has 3 rings (SSSR count). The molecule has 0 spiro atoms. The van der Waals surface area contributed by atoms with Gasteiger partial charge in [0.1, 0.15) is 5.82 Å². The molecule has 1 heterocycles. The van der Waals surface area contributed by atoms with Crippen LogP contribution in [0.2, 0.25) is 0 Å². The summed E-state index contributed by atoms with van der Waals surface area (Å²) < 4.78 is 29.2. The van der Waals surface area contributed by atoms with E-state index in [4.69, 9.17) is 14.2 Å². The summed E-state index contributed by atoms with van der Waals surface area (Å²) in [6.45, 7) is 3.20. The lowest BCUT2D eigenvalue weighted by Gasteiger charge is -2.35. The first-order valence-electron chi connectivity index (χ1n) is 10.9. The molecule has 1 fully saturated rings. The molecule has 2 N–H and O–H groups in total. The van der Waals surface area contributed by atoms with Crippen molar-refractivity contribution in [3.05, 3.63) is 53.8 Å². The first kappa shape index (κ1) is 25.8. The fourth-order valence-electron chi connectivity index (χ4n) is 3.64. The SMILES string of the molecule is COc1ccc(C(CNC(=O)CSCC(=O)Nc2ccc(F)cc2)N2CCOCC2)cc1OC. The van der Waals surface area contributed by atoms with E-state index in [1.54, 1.807) is 14.2 Å². The number of rotatable bonds is 11. The summed E-state index contributed by atoms with van der Waals surface area (Å²) in [4.78, 5) is 26.8. The highest BCUT2D eigenvalue weighted by Crippen LogP contribution is 2.32. The first-order valence-corrected chi connectivity index (χ1v) is 12.1. The lowest BCUT2D eigenvalue weighted by Crippen LogP contribution is -2.44.